The van der Waals surface area contributed by atoms with Gasteiger partial charge in [0, 0.05) is 38.6 Å². The summed E-state index contributed by atoms with van der Waals surface area (Å²) in [7, 11) is 1.74. The Morgan fingerprint density at radius 2 is 2.42 bits per heavy atom. The largest absolute Gasteiger partial charge is 0.383 e. The van der Waals surface area contributed by atoms with E-state index in [4.69, 9.17) is 4.74 Å². The highest BCUT2D eigenvalue weighted by Gasteiger charge is 2.21. The fourth-order valence-electron chi connectivity index (χ4n) is 2.48. The van der Waals surface area contributed by atoms with Gasteiger partial charge in [0.05, 0.1) is 6.61 Å². The normalized spacial score (nSPS) is 19.7. The average molecular weight is 264 g/mol. The molecule has 1 N–H and O–H groups in total. The number of piperidine rings is 1. The van der Waals surface area contributed by atoms with Gasteiger partial charge in [-0.2, -0.15) is 0 Å². The molecule has 1 aliphatic heterocycles. The van der Waals surface area contributed by atoms with Crippen LogP contribution >= 0.6 is 0 Å². The molecule has 5 nitrogen and oxygen atoms in total. The number of rotatable bonds is 6. The van der Waals surface area contributed by atoms with E-state index >= 15 is 0 Å². The molecule has 0 spiro atoms. The Morgan fingerprint density at radius 1 is 1.53 bits per heavy atom. The van der Waals surface area contributed by atoms with Crippen LogP contribution in [0.5, 0.6) is 0 Å². The van der Waals surface area contributed by atoms with Crippen molar-refractivity contribution < 1.29 is 4.74 Å². The molecule has 1 atom stereocenters. The topological polar surface area (TPSA) is 50.3 Å². The Bertz CT molecular complexity index is 385. The van der Waals surface area contributed by atoms with Crippen LogP contribution in [0.4, 0.5) is 5.95 Å². The predicted molar refractivity (Wildman–Crippen MR) is 76.5 cm³/mol. The van der Waals surface area contributed by atoms with Crippen molar-refractivity contribution in [2.45, 2.75) is 19.8 Å². The van der Waals surface area contributed by atoms with Crippen molar-refractivity contribution in [3.63, 3.8) is 0 Å². The SMILES string of the molecule is COCCNCC1CCCN(c2nccc(C)n2)C1. The second-order valence-electron chi connectivity index (χ2n) is 5.15. The first-order chi connectivity index (χ1) is 9.29. The Balaban J connectivity index is 1.83. The van der Waals surface area contributed by atoms with Gasteiger partial charge in [0.25, 0.3) is 0 Å². The summed E-state index contributed by atoms with van der Waals surface area (Å²) in [6, 6.07) is 1.94. The number of nitrogens with zero attached hydrogens (tertiary/aromatic N) is 3. The van der Waals surface area contributed by atoms with Crippen molar-refractivity contribution in [3.05, 3.63) is 18.0 Å². The number of aromatic nitrogens is 2. The molecule has 0 saturated carbocycles. The van der Waals surface area contributed by atoms with Gasteiger partial charge in [0.15, 0.2) is 0 Å². The minimum Gasteiger partial charge on any atom is -0.383 e. The minimum atomic E-state index is 0.676. The highest BCUT2D eigenvalue weighted by molar-refractivity contribution is 5.30. The molecule has 1 aliphatic rings. The summed E-state index contributed by atoms with van der Waals surface area (Å²) in [5.41, 5.74) is 1.03. The van der Waals surface area contributed by atoms with Crippen LogP contribution < -0.4 is 10.2 Å². The van der Waals surface area contributed by atoms with Gasteiger partial charge in [-0.25, -0.2) is 9.97 Å². The summed E-state index contributed by atoms with van der Waals surface area (Å²) in [4.78, 5) is 11.2. The maximum Gasteiger partial charge on any atom is 0.225 e. The van der Waals surface area contributed by atoms with Gasteiger partial charge in [-0.05, 0) is 38.3 Å². The first-order valence-corrected chi connectivity index (χ1v) is 7.04. The lowest BCUT2D eigenvalue weighted by molar-refractivity contribution is 0.197. The van der Waals surface area contributed by atoms with Crippen molar-refractivity contribution in [3.8, 4) is 0 Å². The standard InChI is InChI=1S/C14H24N4O/c1-12-5-6-16-14(17-12)18-8-3-4-13(11-18)10-15-7-9-19-2/h5-6,13,15H,3-4,7-11H2,1-2H3. The van der Waals surface area contributed by atoms with Crippen molar-refractivity contribution >= 4 is 5.95 Å². The number of hydrogen-bond acceptors (Lipinski definition) is 5. The monoisotopic (exact) mass is 264 g/mol. The number of methoxy groups -OCH3 is 1. The van der Waals surface area contributed by atoms with Crippen LogP contribution in [0.15, 0.2) is 12.3 Å². The Labute approximate surface area is 115 Å². The highest BCUT2D eigenvalue weighted by Crippen LogP contribution is 2.19. The van der Waals surface area contributed by atoms with Crippen LogP contribution in [0.1, 0.15) is 18.5 Å². The molecule has 106 valence electrons. The number of anilines is 1. The summed E-state index contributed by atoms with van der Waals surface area (Å²) in [6.07, 6.45) is 4.34. The van der Waals surface area contributed by atoms with E-state index in [1.807, 2.05) is 19.2 Å². The third-order valence-electron chi connectivity index (χ3n) is 3.50. The zero-order chi connectivity index (χ0) is 13.5. The quantitative estimate of drug-likeness (QED) is 0.783. The maximum atomic E-state index is 5.04. The minimum absolute atomic E-state index is 0.676. The molecule has 0 bridgehead atoms. The van der Waals surface area contributed by atoms with E-state index in [1.54, 1.807) is 7.11 Å². The number of ether oxygens (including phenoxy) is 1. The van der Waals surface area contributed by atoms with Gasteiger partial charge in [-0.3, -0.25) is 0 Å². The second-order valence-corrected chi connectivity index (χ2v) is 5.15. The summed E-state index contributed by atoms with van der Waals surface area (Å²) in [5.74, 6) is 1.55. The Kier molecular flexibility index (Phi) is 5.54. The van der Waals surface area contributed by atoms with Crippen molar-refractivity contribution in [1.29, 1.82) is 0 Å². The molecule has 19 heavy (non-hydrogen) atoms. The fourth-order valence-corrected chi connectivity index (χ4v) is 2.48. The molecule has 1 saturated heterocycles. The molecule has 0 aliphatic carbocycles. The molecule has 1 aromatic rings. The molecule has 1 aromatic heterocycles. The molecule has 1 unspecified atom stereocenters. The fraction of sp³-hybridized carbons (Fsp3) is 0.714. The van der Waals surface area contributed by atoms with Gasteiger partial charge in [0.1, 0.15) is 0 Å². The third kappa shape index (κ3) is 4.44. The van der Waals surface area contributed by atoms with E-state index in [2.05, 4.69) is 20.2 Å². The van der Waals surface area contributed by atoms with E-state index in [1.165, 1.54) is 12.8 Å². The van der Waals surface area contributed by atoms with Crippen molar-refractivity contribution in [2.24, 2.45) is 5.92 Å². The van der Waals surface area contributed by atoms with Gasteiger partial charge >= 0.3 is 0 Å². The van der Waals surface area contributed by atoms with Gasteiger partial charge in [0.2, 0.25) is 5.95 Å². The molecule has 2 rings (SSSR count). The van der Waals surface area contributed by atoms with E-state index in [9.17, 15) is 0 Å². The van der Waals surface area contributed by atoms with Crippen LogP contribution in [0.3, 0.4) is 0 Å². The Morgan fingerprint density at radius 3 is 3.21 bits per heavy atom. The summed E-state index contributed by atoms with van der Waals surface area (Å²) in [6.45, 7) is 6.87. The van der Waals surface area contributed by atoms with Gasteiger partial charge in [-0.15, -0.1) is 0 Å². The first kappa shape index (κ1) is 14.2. The zero-order valence-electron chi connectivity index (χ0n) is 11.9. The lowest BCUT2D eigenvalue weighted by Crippen LogP contribution is -2.41. The number of aryl methyl sites for hydroxylation is 1. The molecular weight excluding hydrogens is 240 g/mol. The highest BCUT2D eigenvalue weighted by atomic mass is 16.5. The maximum absolute atomic E-state index is 5.04. The zero-order valence-corrected chi connectivity index (χ0v) is 11.9. The summed E-state index contributed by atoms with van der Waals surface area (Å²) < 4.78 is 5.04. The lowest BCUT2D eigenvalue weighted by atomic mass is 9.98. The average Bonchev–Trinajstić information content (AvgIpc) is 2.44. The van der Waals surface area contributed by atoms with Crippen LogP contribution in [0, 0.1) is 12.8 Å². The van der Waals surface area contributed by atoms with Crippen LogP contribution in [-0.2, 0) is 4.74 Å². The number of nitrogens with one attached hydrogen (secondary N) is 1. The first-order valence-electron chi connectivity index (χ1n) is 7.04. The Hall–Kier alpha value is -1.20. The van der Waals surface area contributed by atoms with E-state index in [-0.39, 0.29) is 0 Å². The number of hydrogen-bond donors (Lipinski definition) is 1. The molecule has 1 fully saturated rings. The van der Waals surface area contributed by atoms with Gasteiger partial charge < -0.3 is 15.0 Å². The molecule has 2 heterocycles. The van der Waals surface area contributed by atoms with E-state index in [0.29, 0.717) is 5.92 Å². The summed E-state index contributed by atoms with van der Waals surface area (Å²) in [5, 5.41) is 3.45. The van der Waals surface area contributed by atoms with E-state index < -0.39 is 0 Å². The van der Waals surface area contributed by atoms with E-state index in [0.717, 1.165) is 44.4 Å². The smallest absolute Gasteiger partial charge is 0.225 e. The van der Waals surface area contributed by atoms with Crippen LogP contribution in [0.2, 0.25) is 0 Å². The van der Waals surface area contributed by atoms with Crippen LogP contribution in [-0.4, -0.2) is 49.9 Å². The van der Waals surface area contributed by atoms with Crippen molar-refractivity contribution in [2.75, 3.05) is 44.8 Å². The lowest BCUT2D eigenvalue weighted by Gasteiger charge is -2.33. The second kappa shape index (κ2) is 7.40. The summed E-state index contributed by atoms with van der Waals surface area (Å²) >= 11 is 0. The molecule has 5 heteroatoms. The van der Waals surface area contributed by atoms with Crippen molar-refractivity contribution in [1.82, 2.24) is 15.3 Å². The molecule has 0 amide bonds. The molecule has 0 radical (unpaired) electrons. The molecule has 0 aromatic carbocycles. The molecular formula is C14H24N4O. The van der Waals surface area contributed by atoms with Crippen LogP contribution in [0.25, 0.3) is 0 Å². The van der Waals surface area contributed by atoms with Gasteiger partial charge in [-0.1, -0.05) is 0 Å². The predicted octanol–water partition coefficient (Wildman–Crippen LogP) is 1.24. The third-order valence-corrected chi connectivity index (χ3v) is 3.50.